The lowest BCUT2D eigenvalue weighted by Crippen LogP contribution is -2.60. The Kier molecular flexibility index (Phi) is 33.9. The van der Waals surface area contributed by atoms with Gasteiger partial charge >= 0.3 is 0 Å². The fourth-order valence-corrected chi connectivity index (χ4v) is 6.71. The second-order valence-corrected chi connectivity index (χ2v) is 15.5. The number of rotatable bonds is 36. The van der Waals surface area contributed by atoms with Gasteiger partial charge in [0.05, 0.1) is 25.4 Å². The summed E-state index contributed by atoms with van der Waals surface area (Å²) in [5, 5.41) is 54.1. The summed E-state index contributed by atoms with van der Waals surface area (Å²) < 4.78 is 11.2. The van der Waals surface area contributed by atoms with E-state index in [9.17, 15) is 30.3 Å². The molecule has 0 aromatic rings. The van der Waals surface area contributed by atoms with Crippen LogP contribution in [-0.2, 0) is 14.3 Å². The van der Waals surface area contributed by atoms with E-state index in [1.165, 1.54) is 96.3 Å². The van der Waals surface area contributed by atoms with Gasteiger partial charge in [-0.15, -0.1) is 0 Å². The Morgan fingerprint density at radius 1 is 0.600 bits per heavy atom. The van der Waals surface area contributed by atoms with Crippen molar-refractivity contribution in [2.75, 3.05) is 13.2 Å². The predicted octanol–water partition coefficient (Wildman–Crippen LogP) is 9.06. The van der Waals surface area contributed by atoms with Gasteiger partial charge in [0.2, 0.25) is 5.91 Å². The van der Waals surface area contributed by atoms with E-state index in [-0.39, 0.29) is 12.5 Å². The molecule has 0 aliphatic carbocycles. The van der Waals surface area contributed by atoms with Gasteiger partial charge in [0.15, 0.2) is 6.29 Å². The molecule has 320 valence electrons. The first-order chi connectivity index (χ1) is 26.8. The number of unbranched alkanes of at least 4 members (excludes halogenated alkanes) is 20. The molecule has 0 saturated carbocycles. The highest BCUT2D eigenvalue weighted by atomic mass is 16.7. The number of carbonyl (C=O) groups excluding carboxylic acids is 1. The molecule has 0 spiro atoms. The van der Waals surface area contributed by atoms with Crippen LogP contribution in [0, 0.1) is 0 Å². The molecule has 0 aromatic carbocycles. The summed E-state index contributed by atoms with van der Waals surface area (Å²) in [6.45, 7) is 3.70. The smallest absolute Gasteiger partial charge is 0.220 e. The number of hydrogen-bond donors (Lipinski definition) is 6. The van der Waals surface area contributed by atoms with Gasteiger partial charge in [-0.3, -0.25) is 4.79 Å². The summed E-state index contributed by atoms with van der Waals surface area (Å²) in [5.74, 6) is -0.198. The maximum Gasteiger partial charge on any atom is 0.220 e. The summed E-state index contributed by atoms with van der Waals surface area (Å²) >= 11 is 0. The van der Waals surface area contributed by atoms with Crippen LogP contribution in [0.2, 0.25) is 0 Å². The molecule has 0 aromatic heterocycles. The van der Waals surface area contributed by atoms with Gasteiger partial charge in [0.25, 0.3) is 0 Å². The molecule has 1 aliphatic heterocycles. The van der Waals surface area contributed by atoms with Crippen molar-refractivity contribution in [3.63, 3.8) is 0 Å². The maximum atomic E-state index is 12.9. The number of aliphatic hydroxyl groups excluding tert-OH is 5. The molecular weight excluding hydrogens is 695 g/mol. The average Bonchev–Trinajstić information content (AvgIpc) is 3.18. The molecule has 0 radical (unpaired) electrons. The minimum Gasteiger partial charge on any atom is -0.394 e. The normalized spacial score (nSPS) is 21.8. The van der Waals surface area contributed by atoms with Crippen LogP contribution < -0.4 is 5.32 Å². The molecule has 1 heterocycles. The zero-order valence-electron chi connectivity index (χ0n) is 34.9. The Bertz CT molecular complexity index is 998. The number of aliphatic hydroxyl groups is 5. The molecular formula is C46H83NO8. The Hall–Kier alpha value is -1.85. The quantitative estimate of drug-likeness (QED) is 0.0273. The van der Waals surface area contributed by atoms with Gasteiger partial charge in [0.1, 0.15) is 24.4 Å². The lowest BCUT2D eigenvalue weighted by Gasteiger charge is -2.40. The van der Waals surface area contributed by atoms with E-state index in [4.69, 9.17) is 9.47 Å². The molecule has 7 atom stereocenters. The molecule has 1 aliphatic rings. The van der Waals surface area contributed by atoms with Crippen LogP contribution in [-0.4, -0.2) is 87.5 Å². The van der Waals surface area contributed by atoms with Crippen molar-refractivity contribution in [1.29, 1.82) is 0 Å². The number of nitrogens with one attached hydrogen (secondary N) is 1. The molecule has 9 heteroatoms. The number of ether oxygens (including phenoxy) is 2. The minimum absolute atomic E-state index is 0.198. The highest BCUT2D eigenvalue weighted by molar-refractivity contribution is 5.76. The summed E-state index contributed by atoms with van der Waals surface area (Å²) in [4.78, 5) is 12.9. The van der Waals surface area contributed by atoms with Crippen LogP contribution in [0.25, 0.3) is 0 Å². The fourth-order valence-electron chi connectivity index (χ4n) is 6.71. The summed E-state index contributed by atoms with van der Waals surface area (Å²) in [5.41, 5.74) is 0. The SMILES string of the molecule is CCCCC/C=C/CC/C=C/CC/C=C/C(O)C(COC1OC(CO)C(O)C(O)C1O)NC(=O)CCCCCCCCC/C=C\CCCCCCCCCC. The van der Waals surface area contributed by atoms with Crippen molar-refractivity contribution in [2.45, 2.75) is 224 Å². The first-order valence-electron chi connectivity index (χ1n) is 22.4. The van der Waals surface area contributed by atoms with Crippen molar-refractivity contribution in [3.8, 4) is 0 Å². The van der Waals surface area contributed by atoms with E-state index >= 15 is 0 Å². The second kappa shape index (κ2) is 36.5. The molecule has 55 heavy (non-hydrogen) atoms. The third-order valence-corrected chi connectivity index (χ3v) is 10.4. The van der Waals surface area contributed by atoms with Gasteiger partial charge < -0.3 is 40.3 Å². The highest BCUT2D eigenvalue weighted by Gasteiger charge is 2.44. The molecule has 6 N–H and O–H groups in total. The van der Waals surface area contributed by atoms with Crippen LogP contribution in [0.4, 0.5) is 0 Å². The fraction of sp³-hybridized carbons (Fsp3) is 0.804. The Labute approximate surface area is 335 Å². The Morgan fingerprint density at radius 2 is 1.04 bits per heavy atom. The number of amides is 1. The van der Waals surface area contributed by atoms with Crippen molar-refractivity contribution in [2.24, 2.45) is 0 Å². The van der Waals surface area contributed by atoms with Crippen molar-refractivity contribution >= 4 is 5.91 Å². The molecule has 1 rings (SSSR count). The molecule has 1 fully saturated rings. The standard InChI is InChI=1S/C46H83NO8/c1-3-5-7-9-11-13-15-17-18-19-20-21-22-24-26-28-30-32-34-36-42(50)47-39(38-54-46-45(53)44(52)43(51)41(37-48)55-46)40(49)35-33-31-29-27-25-23-16-14-12-10-8-6-4-2/h12,14,19-20,25,27,33,35,39-41,43-46,48-49,51-53H,3-11,13,15-18,21-24,26,28-32,34,36-38H2,1-2H3,(H,47,50)/b14-12+,20-19-,27-25+,35-33+. The molecule has 1 saturated heterocycles. The minimum atomic E-state index is -1.57. The first-order valence-corrected chi connectivity index (χ1v) is 22.4. The maximum absolute atomic E-state index is 12.9. The van der Waals surface area contributed by atoms with Crippen LogP contribution >= 0.6 is 0 Å². The predicted molar refractivity (Wildman–Crippen MR) is 226 cm³/mol. The van der Waals surface area contributed by atoms with E-state index in [1.807, 2.05) is 6.08 Å². The van der Waals surface area contributed by atoms with Gasteiger partial charge in [-0.2, -0.15) is 0 Å². The van der Waals surface area contributed by atoms with E-state index < -0.39 is 49.5 Å². The number of hydrogen-bond acceptors (Lipinski definition) is 8. The number of allylic oxidation sites excluding steroid dienone is 7. The van der Waals surface area contributed by atoms with E-state index in [0.717, 1.165) is 64.2 Å². The lowest BCUT2D eigenvalue weighted by atomic mass is 9.99. The third-order valence-electron chi connectivity index (χ3n) is 10.4. The second-order valence-electron chi connectivity index (χ2n) is 15.5. The van der Waals surface area contributed by atoms with Crippen molar-refractivity contribution in [1.82, 2.24) is 5.32 Å². The molecule has 9 nitrogen and oxygen atoms in total. The largest absolute Gasteiger partial charge is 0.394 e. The monoisotopic (exact) mass is 778 g/mol. The first kappa shape index (κ1) is 51.2. The van der Waals surface area contributed by atoms with Gasteiger partial charge in [-0.25, -0.2) is 0 Å². The van der Waals surface area contributed by atoms with Crippen LogP contribution in [0.5, 0.6) is 0 Å². The zero-order valence-corrected chi connectivity index (χ0v) is 34.9. The van der Waals surface area contributed by atoms with Gasteiger partial charge in [-0.1, -0.05) is 152 Å². The summed E-state index contributed by atoms with van der Waals surface area (Å²) in [6.07, 6.45) is 38.7. The topological polar surface area (TPSA) is 149 Å². The van der Waals surface area contributed by atoms with Gasteiger partial charge in [0, 0.05) is 6.42 Å². The zero-order chi connectivity index (χ0) is 40.2. The Morgan fingerprint density at radius 3 is 1.56 bits per heavy atom. The average molecular weight is 778 g/mol. The van der Waals surface area contributed by atoms with Crippen molar-refractivity contribution in [3.05, 3.63) is 48.6 Å². The highest BCUT2D eigenvalue weighted by Crippen LogP contribution is 2.22. The van der Waals surface area contributed by atoms with E-state index in [2.05, 4.69) is 55.6 Å². The Balaban J connectivity index is 2.38. The summed E-state index contributed by atoms with van der Waals surface area (Å²) in [6, 6.07) is -0.829. The van der Waals surface area contributed by atoms with E-state index in [0.29, 0.717) is 6.42 Å². The van der Waals surface area contributed by atoms with E-state index in [1.54, 1.807) is 6.08 Å². The molecule has 1 amide bonds. The lowest BCUT2D eigenvalue weighted by molar-refractivity contribution is -0.302. The van der Waals surface area contributed by atoms with Crippen molar-refractivity contribution < 1.29 is 39.8 Å². The van der Waals surface area contributed by atoms with Crippen LogP contribution in [0.3, 0.4) is 0 Å². The summed E-state index contributed by atoms with van der Waals surface area (Å²) in [7, 11) is 0. The van der Waals surface area contributed by atoms with Gasteiger partial charge in [-0.05, 0) is 70.6 Å². The number of carbonyl (C=O) groups is 1. The van der Waals surface area contributed by atoms with Crippen LogP contribution in [0.1, 0.15) is 181 Å². The molecule has 0 bridgehead atoms. The molecule has 7 unspecified atom stereocenters. The third kappa shape index (κ3) is 27.4. The van der Waals surface area contributed by atoms with Crippen LogP contribution in [0.15, 0.2) is 48.6 Å².